The Balaban J connectivity index is 1.56. The fourth-order valence-electron chi connectivity index (χ4n) is 5.69. The summed E-state index contributed by atoms with van der Waals surface area (Å²) in [5, 5.41) is 10.2. The van der Waals surface area contributed by atoms with Crippen LogP contribution in [0.2, 0.25) is 0 Å². The summed E-state index contributed by atoms with van der Waals surface area (Å²) in [6.07, 6.45) is 3.65. The molecule has 6 nitrogen and oxygen atoms in total. The Morgan fingerprint density at radius 1 is 1.00 bits per heavy atom. The number of nitrogens with zero attached hydrogens (tertiary/aromatic N) is 3. The van der Waals surface area contributed by atoms with E-state index >= 15 is 0 Å². The predicted molar refractivity (Wildman–Crippen MR) is 150 cm³/mol. The van der Waals surface area contributed by atoms with Crippen molar-refractivity contribution in [2.24, 2.45) is 0 Å². The van der Waals surface area contributed by atoms with Crippen LogP contribution in [0.1, 0.15) is 52.3 Å². The van der Waals surface area contributed by atoms with Crippen molar-refractivity contribution < 1.29 is 13.2 Å². The molecule has 38 heavy (non-hydrogen) atoms. The molecule has 3 aromatic carbocycles. The molecule has 0 spiro atoms. The van der Waals surface area contributed by atoms with Crippen molar-refractivity contribution in [1.82, 2.24) is 8.87 Å². The van der Waals surface area contributed by atoms with Crippen LogP contribution in [0.4, 0.5) is 0 Å². The van der Waals surface area contributed by atoms with Crippen molar-refractivity contribution in [2.75, 3.05) is 13.7 Å². The molecule has 0 bridgehead atoms. The SMILES string of the molecule is COC1CCN(Cc2c(C)cc(C)c3c2ccn3S(=O)(=O)c2ccc(C)cc2)C(c2ccc(C#N)cc2)C1. The van der Waals surface area contributed by atoms with Gasteiger partial charge in [-0.3, -0.25) is 4.90 Å². The summed E-state index contributed by atoms with van der Waals surface area (Å²) in [5.41, 5.74) is 6.77. The number of piperidine rings is 1. The highest BCUT2D eigenvalue weighted by Crippen LogP contribution is 2.37. The first-order chi connectivity index (χ1) is 18.2. The van der Waals surface area contributed by atoms with Gasteiger partial charge in [-0.05, 0) is 86.2 Å². The minimum Gasteiger partial charge on any atom is -0.381 e. The molecule has 1 aliphatic heterocycles. The molecule has 2 unspecified atom stereocenters. The van der Waals surface area contributed by atoms with E-state index in [2.05, 4.69) is 24.0 Å². The molecule has 1 fully saturated rings. The van der Waals surface area contributed by atoms with Crippen molar-refractivity contribution in [3.8, 4) is 6.07 Å². The molecule has 1 aromatic heterocycles. The quantitative estimate of drug-likeness (QED) is 0.306. The summed E-state index contributed by atoms with van der Waals surface area (Å²) < 4.78 is 34.4. The van der Waals surface area contributed by atoms with Crippen molar-refractivity contribution in [3.05, 3.63) is 100 Å². The monoisotopic (exact) mass is 527 g/mol. The molecule has 2 heterocycles. The van der Waals surface area contributed by atoms with E-state index in [0.29, 0.717) is 12.1 Å². The first-order valence-corrected chi connectivity index (χ1v) is 14.4. The lowest BCUT2D eigenvalue weighted by Crippen LogP contribution is -2.39. The van der Waals surface area contributed by atoms with E-state index in [-0.39, 0.29) is 17.0 Å². The van der Waals surface area contributed by atoms with Crippen LogP contribution in [-0.2, 0) is 21.3 Å². The normalized spacial score (nSPS) is 18.5. The summed E-state index contributed by atoms with van der Waals surface area (Å²) in [7, 11) is -1.97. The van der Waals surface area contributed by atoms with E-state index in [1.807, 2.05) is 56.3 Å². The number of ether oxygens (including phenoxy) is 1. The number of aryl methyl sites for hydroxylation is 3. The summed E-state index contributed by atoms with van der Waals surface area (Å²) in [6, 6.07) is 21.2. The van der Waals surface area contributed by atoms with Crippen LogP contribution in [0.25, 0.3) is 10.9 Å². The highest BCUT2D eigenvalue weighted by Gasteiger charge is 2.31. The minimum atomic E-state index is -3.74. The van der Waals surface area contributed by atoms with Gasteiger partial charge in [-0.2, -0.15) is 5.26 Å². The van der Waals surface area contributed by atoms with Gasteiger partial charge in [0.05, 0.1) is 28.1 Å². The number of benzene rings is 3. The molecular weight excluding hydrogens is 494 g/mol. The molecule has 0 N–H and O–H groups in total. The van der Waals surface area contributed by atoms with Gasteiger partial charge >= 0.3 is 0 Å². The number of aromatic nitrogens is 1. The van der Waals surface area contributed by atoms with Crippen LogP contribution in [0.3, 0.4) is 0 Å². The van der Waals surface area contributed by atoms with Gasteiger partial charge in [0, 0.05) is 37.8 Å². The van der Waals surface area contributed by atoms with Gasteiger partial charge < -0.3 is 4.74 Å². The third kappa shape index (κ3) is 4.76. The van der Waals surface area contributed by atoms with Crippen LogP contribution < -0.4 is 0 Å². The van der Waals surface area contributed by atoms with Gasteiger partial charge in [0.1, 0.15) is 0 Å². The zero-order valence-electron chi connectivity index (χ0n) is 22.3. The predicted octanol–water partition coefficient (Wildman–Crippen LogP) is 6.03. The fourth-order valence-corrected chi connectivity index (χ4v) is 7.10. The van der Waals surface area contributed by atoms with E-state index < -0.39 is 10.0 Å². The molecule has 4 aromatic rings. The minimum absolute atomic E-state index is 0.135. The highest BCUT2D eigenvalue weighted by atomic mass is 32.2. The van der Waals surface area contributed by atoms with Crippen LogP contribution in [0.5, 0.6) is 0 Å². The van der Waals surface area contributed by atoms with Gasteiger partial charge in [-0.25, -0.2) is 12.4 Å². The summed E-state index contributed by atoms with van der Waals surface area (Å²) in [5.74, 6) is 0. The second kappa shape index (κ2) is 10.4. The van der Waals surface area contributed by atoms with Crippen molar-refractivity contribution in [1.29, 1.82) is 5.26 Å². The lowest BCUT2D eigenvalue weighted by atomic mass is 9.91. The zero-order valence-corrected chi connectivity index (χ0v) is 23.1. The lowest BCUT2D eigenvalue weighted by molar-refractivity contribution is 0.00691. The topological polar surface area (TPSA) is 75.3 Å². The third-order valence-corrected chi connectivity index (χ3v) is 9.51. The maximum absolute atomic E-state index is 13.6. The Labute approximate surface area is 225 Å². The van der Waals surface area contributed by atoms with Gasteiger partial charge in [0.25, 0.3) is 10.0 Å². The largest absolute Gasteiger partial charge is 0.381 e. The van der Waals surface area contributed by atoms with Crippen LogP contribution in [0, 0.1) is 32.1 Å². The molecule has 0 saturated carbocycles. The molecular formula is C31H33N3O3S. The molecule has 0 radical (unpaired) electrons. The number of hydrogen-bond acceptors (Lipinski definition) is 5. The van der Waals surface area contributed by atoms with E-state index in [1.54, 1.807) is 25.4 Å². The standard InChI is InChI=1S/C31H33N3O3S/c1-21-5-11-27(12-6-21)38(35,36)34-16-14-28-29(22(2)17-23(3)31(28)34)20-33-15-13-26(37-4)18-30(33)25-9-7-24(19-32)8-10-25/h5-12,14,16-17,26,30H,13,15,18,20H2,1-4H3. The van der Waals surface area contributed by atoms with Crippen molar-refractivity contribution in [3.63, 3.8) is 0 Å². The summed E-state index contributed by atoms with van der Waals surface area (Å²) in [4.78, 5) is 2.74. The van der Waals surface area contributed by atoms with Gasteiger partial charge in [0.2, 0.25) is 0 Å². The van der Waals surface area contributed by atoms with E-state index in [1.165, 1.54) is 3.97 Å². The first kappa shape index (κ1) is 26.2. The molecule has 1 aliphatic rings. The number of fused-ring (bicyclic) bond motifs is 1. The first-order valence-electron chi connectivity index (χ1n) is 12.9. The lowest BCUT2D eigenvalue weighted by Gasteiger charge is -2.39. The Morgan fingerprint density at radius 2 is 1.71 bits per heavy atom. The fraction of sp³-hybridized carbons (Fsp3) is 0.323. The third-order valence-electron chi connectivity index (χ3n) is 7.82. The van der Waals surface area contributed by atoms with E-state index in [9.17, 15) is 13.7 Å². The number of methoxy groups -OCH3 is 1. The molecule has 196 valence electrons. The van der Waals surface area contributed by atoms with Crippen molar-refractivity contribution in [2.45, 2.75) is 57.2 Å². The number of rotatable bonds is 6. The number of nitriles is 1. The van der Waals surface area contributed by atoms with Crippen LogP contribution in [-0.4, -0.2) is 37.0 Å². The van der Waals surface area contributed by atoms with Gasteiger partial charge in [0.15, 0.2) is 0 Å². The van der Waals surface area contributed by atoms with Crippen LogP contribution >= 0.6 is 0 Å². The Hall–Kier alpha value is -3.44. The van der Waals surface area contributed by atoms with E-state index in [0.717, 1.165) is 58.1 Å². The second-order valence-electron chi connectivity index (χ2n) is 10.3. The Bertz CT molecular complexity index is 1610. The van der Waals surface area contributed by atoms with Crippen LogP contribution in [0.15, 0.2) is 71.8 Å². The number of likely N-dealkylation sites (tertiary alicyclic amines) is 1. The average Bonchev–Trinajstić information content (AvgIpc) is 3.38. The molecule has 5 rings (SSSR count). The smallest absolute Gasteiger partial charge is 0.268 e. The summed E-state index contributed by atoms with van der Waals surface area (Å²) >= 11 is 0. The van der Waals surface area contributed by atoms with Gasteiger partial charge in [-0.1, -0.05) is 35.9 Å². The Morgan fingerprint density at radius 3 is 2.37 bits per heavy atom. The van der Waals surface area contributed by atoms with Gasteiger partial charge in [-0.15, -0.1) is 0 Å². The molecule has 2 atom stereocenters. The van der Waals surface area contributed by atoms with Crippen molar-refractivity contribution >= 4 is 20.9 Å². The molecule has 0 aliphatic carbocycles. The molecule has 1 saturated heterocycles. The maximum atomic E-state index is 13.6. The maximum Gasteiger partial charge on any atom is 0.268 e. The summed E-state index contributed by atoms with van der Waals surface area (Å²) in [6.45, 7) is 7.58. The Kier molecular flexibility index (Phi) is 7.15. The number of hydrogen-bond donors (Lipinski definition) is 0. The molecule has 7 heteroatoms. The molecule has 0 amide bonds. The average molecular weight is 528 g/mol. The highest BCUT2D eigenvalue weighted by molar-refractivity contribution is 7.90. The second-order valence-corrected chi connectivity index (χ2v) is 12.1. The zero-order chi connectivity index (χ0) is 27.0. The van der Waals surface area contributed by atoms with E-state index in [4.69, 9.17) is 4.74 Å².